The third kappa shape index (κ3) is 7.19. The topological polar surface area (TPSA) is 197 Å². The maximum Gasteiger partial charge on any atom is 0.405 e. The molecule has 2 aliphatic rings. The Balaban J connectivity index is 1.11. The molecule has 6 rings (SSSR count). The summed E-state index contributed by atoms with van der Waals surface area (Å²) in [7, 11) is 0. The molecule has 2 aromatic heterocycles. The van der Waals surface area contributed by atoms with Crippen molar-refractivity contribution in [3.8, 4) is 33.6 Å². The molecule has 0 saturated carbocycles. The first kappa shape index (κ1) is 34.2. The number of hydrogen-bond acceptors (Lipinski definition) is 6. The van der Waals surface area contributed by atoms with Crippen molar-refractivity contribution in [3.63, 3.8) is 0 Å². The highest BCUT2D eigenvalue weighted by Gasteiger charge is 2.37. The van der Waals surface area contributed by atoms with E-state index < -0.39 is 24.3 Å². The lowest BCUT2D eigenvalue weighted by molar-refractivity contribution is -0.135. The number of aromatic nitrogens is 4. The Hall–Kier alpha value is -5.66. The van der Waals surface area contributed by atoms with Crippen LogP contribution >= 0.6 is 0 Å². The van der Waals surface area contributed by atoms with Crippen LogP contribution in [0.5, 0.6) is 0 Å². The van der Waals surface area contributed by atoms with Crippen LogP contribution in [0.3, 0.4) is 0 Å². The van der Waals surface area contributed by atoms with Gasteiger partial charge < -0.3 is 40.6 Å². The minimum absolute atomic E-state index is 0.233. The van der Waals surface area contributed by atoms with Gasteiger partial charge in [-0.1, -0.05) is 62.4 Å². The van der Waals surface area contributed by atoms with Crippen molar-refractivity contribution in [2.24, 2.45) is 0 Å². The molecule has 262 valence electrons. The Morgan fingerprint density at radius 3 is 1.38 bits per heavy atom. The standard InChI is InChI=1S/C36H42N8O6/c1-3-25(41-35(47)48)33(45)43-17-5-7-29(43)31-37-19-27(39-31)23-13-9-21(10-14-23)22-11-15-24(16-12-22)28-20-38-32(40-28)30-8-6-18-44(30)34(46)26(4-2)42-36(49)50/h9-16,19-20,25-26,29-30,41-42H,3-8,17-18H2,1-2H3,(H,37,39)(H,38,40)(H,47,48)(H,49,50)/t25-,26-,29-,30-/m0/s1. The van der Waals surface area contributed by atoms with Crippen molar-refractivity contribution in [1.82, 2.24) is 40.4 Å². The number of likely N-dealkylation sites (tertiary alicyclic amines) is 2. The van der Waals surface area contributed by atoms with Gasteiger partial charge in [0.05, 0.1) is 35.9 Å². The second-order valence-electron chi connectivity index (χ2n) is 12.7. The molecule has 4 aromatic rings. The number of amides is 4. The lowest BCUT2D eigenvalue weighted by Crippen LogP contribution is -2.47. The van der Waals surface area contributed by atoms with Gasteiger partial charge >= 0.3 is 12.2 Å². The van der Waals surface area contributed by atoms with Gasteiger partial charge in [0.25, 0.3) is 0 Å². The van der Waals surface area contributed by atoms with Crippen molar-refractivity contribution in [1.29, 1.82) is 0 Å². The zero-order chi connectivity index (χ0) is 35.4. The number of carboxylic acid groups (broad SMARTS) is 2. The summed E-state index contributed by atoms with van der Waals surface area (Å²) in [5, 5.41) is 22.9. The average molecular weight is 683 g/mol. The Bertz CT molecular complexity index is 1700. The third-order valence-corrected chi connectivity index (χ3v) is 9.63. The largest absolute Gasteiger partial charge is 0.465 e. The zero-order valence-corrected chi connectivity index (χ0v) is 28.1. The summed E-state index contributed by atoms with van der Waals surface area (Å²) in [6.45, 7) is 4.68. The third-order valence-electron chi connectivity index (χ3n) is 9.63. The van der Waals surface area contributed by atoms with Crippen molar-refractivity contribution in [2.45, 2.75) is 76.5 Å². The first-order valence-electron chi connectivity index (χ1n) is 17.1. The molecule has 2 saturated heterocycles. The summed E-state index contributed by atoms with van der Waals surface area (Å²) in [5.74, 6) is 0.905. The van der Waals surface area contributed by atoms with E-state index in [1.807, 2.05) is 48.5 Å². The molecule has 4 atom stereocenters. The fraction of sp³-hybridized carbons (Fsp3) is 0.389. The van der Waals surface area contributed by atoms with E-state index in [2.05, 4.69) is 30.6 Å². The number of imidazole rings is 2. The summed E-state index contributed by atoms with van der Waals surface area (Å²) >= 11 is 0. The number of nitrogens with zero attached hydrogens (tertiary/aromatic N) is 4. The molecular weight excluding hydrogens is 640 g/mol. The van der Waals surface area contributed by atoms with E-state index in [9.17, 15) is 19.2 Å². The first-order valence-corrected chi connectivity index (χ1v) is 17.1. The van der Waals surface area contributed by atoms with E-state index in [1.54, 1.807) is 36.0 Å². The molecule has 2 aliphatic heterocycles. The number of carbonyl (C=O) groups excluding carboxylic acids is 2. The predicted octanol–water partition coefficient (Wildman–Crippen LogP) is 5.55. The smallest absolute Gasteiger partial charge is 0.405 e. The summed E-state index contributed by atoms with van der Waals surface area (Å²) in [6, 6.07) is 14.2. The Morgan fingerprint density at radius 2 is 1.04 bits per heavy atom. The highest BCUT2D eigenvalue weighted by Crippen LogP contribution is 2.34. The highest BCUT2D eigenvalue weighted by molar-refractivity contribution is 5.86. The second kappa shape index (κ2) is 14.8. The van der Waals surface area contributed by atoms with Crippen LogP contribution in [0.4, 0.5) is 9.59 Å². The molecule has 0 aliphatic carbocycles. The van der Waals surface area contributed by atoms with Crippen LogP contribution in [0, 0.1) is 0 Å². The van der Waals surface area contributed by atoms with E-state index >= 15 is 0 Å². The van der Waals surface area contributed by atoms with Crippen LogP contribution in [0.15, 0.2) is 60.9 Å². The molecule has 14 nitrogen and oxygen atoms in total. The minimum Gasteiger partial charge on any atom is -0.465 e. The molecule has 0 unspecified atom stereocenters. The predicted molar refractivity (Wildman–Crippen MR) is 185 cm³/mol. The molecule has 4 heterocycles. The fourth-order valence-corrected chi connectivity index (χ4v) is 6.99. The number of H-pyrrole nitrogens is 2. The van der Waals surface area contributed by atoms with Gasteiger partial charge in [-0.15, -0.1) is 0 Å². The van der Waals surface area contributed by atoms with Gasteiger partial charge in [-0.25, -0.2) is 19.6 Å². The normalized spacial score (nSPS) is 18.5. The molecule has 2 fully saturated rings. The van der Waals surface area contributed by atoms with E-state index in [0.717, 1.165) is 59.3 Å². The highest BCUT2D eigenvalue weighted by atomic mass is 16.4. The van der Waals surface area contributed by atoms with Crippen LogP contribution in [0.2, 0.25) is 0 Å². The quantitative estimate of drug-likeness (QED) is 0.118. The van der Waals surface area contributed by atoms with E-state index in [1.165, 1.54) is 0 Å². The van der Waals surface area contributed by atoms with Gasteiger partial charge in [0.2, 0.25) is 11.8 Å². The molecule has 0 radical (unpaired) electrons. The number of nitrogens with one attached hydrogen (secondary N) is 4. The number of hydrogen-bond donors (Lipinski definition) is 6. The van der Waals surface area contributed by atoms with Crippen LogP contribution in [-0.4, -0.2) is 89.1 Å². The lowest BCUT2D eigenvalue weighted by atomic mass is 10.0. The van der Waals surface area contributed by atoms with Crippen molar-refractivity contribution in [2.75, 3.05) is 13.1 Å². The fourth-order valence-electron chi connectivity index (χ4n) is 6.99. The maximum atomic E-state index is 13.1. The SMILES string of the molecule is CC[C@H](NC(=O)O)C(=O)N1CCC[C@H]1c1ncc(-c2ccc(-c3ccc(-c4cnc([C@@H]5CCCN5C(=O)[C@H](CC)NC(=O)O)[nH]4)cc3)cc2)[nH]1. The first-order chi connectivity index (χ1) is 24.2. The number of benzene rings is 2. The summed E-state index contributed by atoms with van der Waals surface area (Å²) in [4.78, 5) is 68.0. The van der Waals surface area contributed by atoms with Gasteiger partial charge in [0, 0.05) is 13.1 Å². The van der Waals surface area contributed by atoms with Crippen LogP contribution in [-0.2, 0) is 9.59 Å². The summed E-state index contributed by atoms with van der Waals surface area (Å²) in [6.07, 6.45) is 4.99. The Morgan fingerprint density at radius 1 is 0.680 bits per heavy atom. The van der Waals surface area contributed by atoms with Crippen molar-refractivity contribution >= 4 is 24.0 Å². The van der Waals surface area contributed by atoms with Crippen molar-refractivity contribution in [3.05, 3.63) is 72.6 Å². The molecule has 6 N–H and O–H groups in total. The average Bonchev–Trinajstić information content (AvgIpc) is 3.95. The minimum atomic E-state index is -1.21. The lowest BCUT2D eigenvalue weighted by Gasteiger charge is -2.27. The monoisotopic (exact) mass is 682 g/mol. The molecular formula is C36H42N8O6. The second-order valence-corrected chi connectivity index (χ2v) is 12.7. The van der Waals surface area contributed by atoms with Gasteiger partial charge in [0.1, 0.15) is 23.7 Å². The molecule has 0 spiro atoms. The molecule has 0 bridgehead atoms. The number of carbonyl (C=O) groups is 4. The molecule has 50 heavy (non-hydrogen) atoms. The van der Waals surface area contributed by atoms with Gasteiger partial charge in [-0.3, -0.25) is 9.59 Å². The van der Waals surface area contributed by atoms with Crippen LogP contribution in [0.1, 0.15) is 76.1 Å². The van der Waals surface area contributed by atoms with E-state index in [4.69, 9.17) is 10.2 Å². The van der Waals surface area contributed by atoms with Gasteiger partial charge in [-0.05, 0) is 60.8 Å². The maximum absolute atomic E-state index is 13.1. The molecule has 2 aromatic carbocycles. The van der Waals surface area contributed by atoms with Crippen molar-refractivity contribution < 1.29 is 29.4 Å². The van der Waals surface area contributed by atoms with Crippen LogP contribution in [0.25, 0.3) is 33.6 Å². The van der Waals surface area contributed by atoms with Gasteiger partial charge in [-0.2, -0.15) is 0 Å². The summed E-state index contributed by atoms with van der Waals surface area (Å²) < 4.78 is 0. The van der Waals surface area contributed by atoms with Gasteiger partial charge in [0.15, 0.2) is 0 Å². The van der Waals surface area contributed by atoms with E-state index in [0.29, 0.717) is 37.6 Å². The Labute approximate surface area is 289 Å². The van der Waals surface area contributed by atoms with Crippen LogP contribution < -0.4 is 10.6 Å². The Kier molecular flexibility index (Phi) is 10.2. The molecule has 14 heteroatoms. The number of aromatic amines is 2. The van der Waals surface area contributed by atoms with E-state index in [-0.39, 0.29) is 23.9 Å². The number of rotatable bonds is 11. The summed E-state index contributed by atoms with van der Waals surface area (Å²) in [5.41, 5.74) is 5.64. The molecule has 4 amide bonds. The zero-order valence-electron chi connectivity index (χ0n) is 28.1.